The molecule has 132 valence electrons. The zero-order valence-electron chi connectivity index (χ0n) is 14.2. The molecular weight excluding hydrogens is 318 g/mol. The van der Waals surface area contributed by atoms with Gasteiger partial charge < -0.3 is 10.1 Å². The fraction of sp³-hybridized carbons (Fsp3) is 0.500. The summed E-state index contributed by atoms with van der Waals surface area (Å²) >= 11 is 0. The molecule has 3 heterocycles. The van der Waals surface area contributed by atoms with Crippen LogP contribution >= 0.6 is 0 Å². The van der Waals surface area contributed by atoms with Gasteiger partial charge in [-0.1, -0.05) is 6.07 Å². The molecule has 0 unspecified atom stereocenters. The molecular formula is C18H23N5O2. The van der Waals surface area contributed by atoms with Crippen molar-refractivity contribution in [3.63, 3.8) is 0 Å². The van der Waals surface area contributed by atoms with Gasteiger partial charge in [-0.25, -0.2) is 4.98 Å². The van der Waals surface area contributed by atoms with Crippen LogP contribution in [0.25, 0.3) is 0 Å². The predicted octanol–water partition coefficient (Wildman–Crippen LogP) is 2.09. The van der Waals surface area contributed by atoms with Gasteiger partial charge in [0.05, 0.1) is 24.9 Å². The van der Waals surface area contributed by atoms with Crippen LogP contribution in [-0.2, 0) is 11.3 Å². The molecule has 1 saturated heterocycles. The van der Waals surface area contributed by atoms with E-state index < -0.39 is 0 Å². The molecule has 2 fully saturated rings. The van der Waals surface area contributed by atoms with Crippen LogP contribution in [0.5, 0.6) is 0 Å². The number of pyridine rings is 1. The van der Waals surface area contributed by atoms with E-state index in [9.17, 15) is 4.79 Å². The van der Waals surface area contributed by atoms with Crippen molar-refractivity contribution >= 4 is 11.7 Å². The van der Waals surface area contributed by atoms with Gasteiger partial charge in [0.15, 0.2) is 0 Å². The summed E-state index contributed by atoms with van der Waals surface area (Å²) in [6, 6.07) is 7.87. The highest BCUT2D eigenvalue weighted by atomic mass is 16.5. The molecule has 1 aliphatic carbocycles. The first-order chi connectivity index (χ1) is 12.3. The van der Waals surface area contributed by atoms with Crippen molar-refractivity contribution in [3.8, 4) is 0 Å². The fourth-order valence-corrected chi connectivity index (χ4v) is 3.22. The van der Waals surface area contributed by atoms with E-state index in [1.54, 1.807) is 12.3 Å². The lowest BCUT2D eigenvalue weighted by Crippen LogP contribution is -2.35. The lowest BCUT2D eigenvalue weighted by molar-refractivity contribution is 0.0337. The van der Waals surface area contributed by atoms with E-state index in [4.69, 9.17) is 4.74 Å². The molecule has 1 amide bonds. The summed E-state index contributed by atoms with van der Waals surface area (Å²) in [5, 5.41) is 7.22. The fourth-order valence-electron chi connectivity index (χ4n) is 3.22. The Labute approximate surface area is 147 Å². The summed E-state index contributed by atoms with van der Waals surface area (Å²) in [6.07, 6.45) is 5.08. The van der Waals surface area contributed by atoms with Gasteiger partial charge in [0.25, 0.3) is 5.91 Å². The quantitative estimate of drug-likeness (QED) is 0.901. The Bertz CT molecular complexity index is 735. The number of aromatic nitrogens is 3. The smallest absolute Gasteiger partial charge is 0.275 e. The number of rotatable bonds is 5. The van der Waals surface area contributed by atoms with Crippen LogP contribution in [-0.4, -0.2) is 51.9 Å². The zero-order chi connectivity index (χ0) is 17.1. The Balaban J connectivity index is 1.42. The predicted molar refractivity (Wildman–Crippen MR) is 93.4 cm³/mol. The van der Waals surface area contributed by atoms with E-state index in [0.717, 1.165) is 51.4 Å². The summed E-state index contributed by atoms with van der Waals surface area (Å²) in [5.74, 6) is 0.428. The number of nitrogens with one attached hydrogen (secondary N) is 1. The molecule has 2 aliphatic rings. The van der Waals surface area contributed by atoms with Gasteiger partial charge >= 0.3 is 0 Å². The normalized spacial score (nSPS) is 18.7. The van der Waals surface area contributed by atoms with Crippen molar-refractivity contribution in [2.24, 2.45) is 0 Å². The number of ether oxygens (including phenoxy) is 1. The third kappa shape index (κ3) is 3.72. The van der Waals surface area contributed by atoms with Crippen LogP contribution in [0, 0.1) is 0 Å². The molecule has 2 aromatic rings. The molecule has 4 rings (SSSR count). The minimum Gasteiger partial charge on any atom is -0.379 e. The minimum absolute atomic E-state index is 0.152. The lowest BCUT2D eigenvalue weighted by atomic mass is 9.93. The molecule has 1 aliphatic heterocycles. The Morgan fingerprint density at radius 2 is 2.08 bits per heavy atom. The maximum absolute atomic E-state index is 12.6. The molecule has 7 nitrogen and oxygen atoms in total. The second-order valence-corrected chi connectivity index (χ2v) is 6.60. The SMILES string of the molecule is O=C(Nc1cccc(CN2CCOCC2)n1)c1ccnn1C1CCC1. The van der Waals surface area contributed by atoms with Crippen molar-refractivity contribution in [2.75, 3.05) is 31.6 Å². The van der Waals surface area contributed by atoms with Crippen LogP contribution in [0.1, 0.15) is 41.5 Å². The third-order valence-electron chi connectivity index (χ3n) is 4.86. The Kier molecular flexibility index (Phi) is 4.76. The van der Waals surface area contributed by atoms with Gasteiger partial charge in [0.1, 0.15) is 11.5 Å². The highest BCUT2D eigenvalue weighted by molar-refractivity contribution is 6.02. The lowest BCUT2D eigenvalue weighted by Gasteiger charge is -2.27. The molecule has 1 N–H and O–H groups in total. The minimum atomic E-state index is -0.152. The van der Waals surface area contributed by atoms with Crippen LogP contribution in [0.2, 0.25) is 0 Å². The zero-order valence-corrected chi connectivity index (χ0v) is 14.2. The molecule has 1 saturated carbocycles. The van der Waals surface area contributed by atoms with E-state index in [1.165, 1.54) is 6.42 Å². The van der Waals surface area contributed by atoms with Crippen LogP contribution in [0.15, 0.2) is 30.5 Å². The molecule has 0 aromatic carbocycles. The summed E-state index contributed by atoms with van der Waals surface area (Å²) in [4.78, 5) is 19.5. The first-order valence-corrected chi connectivity index (χ1v) is 8.90. The molecule has 0 atom stereocenters. The Hall–Kier alpha value is -2.25. The first kappa shape index (κ1) is 16.2. The van der Waals surface area contributed by atoms with E-state index in [0.29, 0.717) is 17.6 Å². The average molecular weight is 341 g/mol. The average Bonchev–Trinajstić information content (AvgIpc) is 3.04. The molecule has 7 heteroatoms. The van der Waals surface area contributed by atoms with Crippen LogP contribution in [0.3, 0.4) is 0 Å². The highest BCUT2D eigenvalue weighted by Gasteiger charge is 2.24. The topological polar surface area (TPSA) is 72.3 Å². The van der Waals surface area contributed by atoms with Gasteiger partial charge in [-0.2, -0.15) is 5.10 Å². The summed E-state index contributed by atoms with van der Waals surface area (Å²) in [6.45, 7) is 4.13. The third-order valence-corrected chi connectivity index (χ3v) is 4.86. The van der Waals surface area contributed by atoms with E-state index in [-0.39, 0.29) is 5.91 Å². The number of morpholine rings is 1. The number of amides is 1. The molecule has 0 spiro atoms. The van der Waals surface area contributed by atoms with Gasteiger partial charge in [-0.3, -0.25) is 14.4 Å². The molecule has 2 aromatic heterocycles. The van der Waals surface area contributed by atoms with Crippen LogP contribution in [0.4, 0.5) is 5.82 Å². The number of hydrogen-bond acceptors (Lipinski definition) is 5. The maximum atomic E-state index is 12.6. The van der Waals surface area contributed by atoms with Crippen molar-refractivity contribution in [3.05, 3.63) is 41.9 Å². The van der Waals surface area contributed by atoms with E-state index in [1.807, 2.05) is 22.9 Å². The number of hydrogen-bond donors (Lipinski definition) is 1. The molecule has 0 bridgehead atoms. The monoisotopic (exact) mass is 341 g/mol. The van der Waals surface area contributed by atoms with Crippen molar-refractivity contribution < 1.29 is 9.53 Å². The second-order valence-electron chi connectivity index (χ2n) is 6.60. The number of carbonyl (C=O) groups excluding carboxylic acids is 1. The number of anilines is 1. The standard InChI is InChI=1S/C18H23N5O2/c24-18(16-7-8-19-23(16)15-4-2-5-15)21-17-6-1-3-14(20-17)13-22-9-11-25-12-10-22/h1,3,6-8,15H,2,4-5,9-13H2,(H,20,21,24). The van der Waals surface area contributed by atoms with Crippen molar-refractivity contribution in [2.45, 2.75) is 31.8 Å². The summed E-state index contributed by atoms with van der Waals surface area (Å²) in [7, 11) is 0. The van der Waals surface area contributed by atoms with E-state index in [2.05, 4.69) is 20.3 Å². The first-order valence-electron chi connectivity index (χ1n) is 8.90. The molecule has 25 heavy (non-hydrogen) atoms. The van der Waals surface area contributed by atoms with Crippen molar-refractivity contribution in [1.29, 1.82) is 0 Å². The Morgan fingerprint density at radius 1 is 1.24 bits per heavy atom. The summed E-state index contributed by atoms with van der Waals surface area (Å²) in [5.41, 5.74) is 1.55. The highest BCUT2D eigenvalue weighted by Crippen LogP contribution is 2.31. The Morgan fingerprint density at radius 3 is 2.84 bits per heavy atom. The maximum Gasteiger partial charge on any atom is 0.275 e. The summed E-state index contributed by atoms with van der Waals surface area (Å²) < 4.78 is 7.22. The number of nitrogens with zero attached hydrogens (tertiary/aromatic N) is 4. The van der Waals surface area contributed by atoms with Gasteiger partial charge in [-0.15, -0.1) is 0 Å². The van der Waals surface area contributed by atoms with Gasteiger partial charge in [0, 0.05) is 25.8 Å². The van der Waals surface area contributed by atoms with Crippen LogP contribution < -0.4 is 5.32 Å². The second kappa shape index (κ2) is 7.33. The van der Waals surface area contributed by atoms with Gasteiger partial charge in [0.2, 0.25) is 0 Å². The van der Waals surface area contributed by atoms with Crippen molar-refractivity contribution in [1.82, 2.24) is 19.7 Å². The number of carbonyl (C=O) groups is 1. The largest absolute Gasteiger partial charge is 0.379 e. The van der Waals surface area contributed by atoms with Gasteiger partial charge in [-0.05, 0) is 37.5 Å². The van der Waals surface area contributed by atoms with E-state index >= 15 is 0 Å². The molecule has 0 radical (unpaired) electrons.